The first kappa shape index (κ1) is 18.5. The van der Waals surface area contributed by atoms with Gasteiger partial charge in [-0.15, -0.1) is 0 Å². The third-order valence-electron chi connectivity index (χ3n) is 3.64. The van der Waals surface area contributed by atoms with E-state index in [1.54, 1.807) is 0 Å². The van der Waals surface area contributed by atoms with Crippen LogP contribution in [0, 0.1) is 42.4 Å². The van der Waals surface area contributed by atoms with Crippen LogP contribution in [-0.4, -0.2) is 17.6 Å². The zero-order valence-electron chi connectivity index (χ0n) is 12.3. The van der Waals surface area contributed by atoms with Crippen LogP contribution in [0.4, 0.5) is 4.39 Å². The van der Waals surface area contributed by atoms with Gasteiger partial charge >= 0.3 is 0 Å². The fourth-order valence-electron chi connectivity index (χ4n) is 2.63. The summed E-state index contributed by atoms with van der Waals surface area (Å²) in [5.74, 6) is 0.219. The molecule has 4 heteroatoms. The van der Waals surface area contributed by atoms with Crippen molar-refractivity contribution < 1.29 is 40.3 Å². The summed E-state index contributed by atoms with van der Waals surface area (Å²) in [4.78, 5) is 11.9. The molecule has 0 bridgehead atoms. The maximum Gasteiger partial charge on any atom is 0.223 e. The molecular weight excluding hydrogens is 455 g/mol. The zero-order valence-corrected chi connectivity index (χ0v) is 16.4. The minimum atomic E-state index is -1.22. The Labute approximate surface area is 134 Å². The number of rotatable bonds is 4. The van der Waals surface area contributed by atoms with Gasteiger partial charge in [-0.1, -0.05) is 34.6 Å². The van der Waals surface area contributed by atoms with Crippen LogP contribution in [0.2, 0.25) is 0 Å². The SMILES string of the molecule is CC(C)C(NC(=O)CC1(F)CCC1)C(C)(C)C.[U]. The van der Waals surface area contributed by atoms with Gasteiger partial charge in [-0.2, -0.15) is 0 Å². The van der Waals surface area contributed by atoms with E-state index in [1.807, 2.05) is 0 Å². The van der Waals surface area contributed by atoms with Gasteiger partial charge in [0.15, 0.2) is 0 Å². The topological polar surface area (TPSA) is 29.1 Å². The summed E-state index contributed by atoms with van der Waals surface area (Å²) < 4.78 is 13.8. The molecule has 1 saturated carbocycles. The van der Waals surface area contributed by atoms with E-state index in [4.69, 9.17) is 0 Å². The normalized spacial score (nSPS) is 19.7. The van der Waals surface area contributed by atoms with Crippen molar-refractivity contribution >= 4 is 5.91 Å². The number of alkyl halides is 1. The summed E-state index contributed by atoms with van der Waals surface area (Å²) in [6, 6.07) is 0.0960. The van der Waals surface area contributed by atoms with E-state index in [0.717, 1.165) is 6.42 Å². The molecule has 0 saturated heterocycles. The fourth-order valence-corrected chi connectivity index (χ4v) is 2.63. The van der Waals surface area contributed by atoms with Crippen molar-refractivity contribution in [1.82, 2.24) is 5.32 Å². The van der Waals surface area contributed by atoms with Gasteiger partial charge in [0.1, 0.15) is 5.67 Å². The van der Waals surface area contributed by atoms with Crippen molar-refractivity contribution in [1.29, 1.82) is 0 Å². The van der Waals surface area contributed by atoms with Crippen LogP contribution in [-0.2, 0) is 4.79 Å². The molecule has 0 radical (unpaired) electrons. The zero-order chi connectivity index (χ0) is 13.3. The van der Waals surface area contributed by atoms with Crippen LogP contribution in [0.1, 0.15) is 60.3 Å². The van der Waals surface area contributed by atoms with Crippen molar-refractivity contribution in [2.45, 2.75) is 72.0 Å². The smallest absolute Gasteiger partial charge is 0.223 e. The van der Waals surface area contributed by atoms with Gasteiger partial charge in [-0.05, 0) is 30.6 Å². The van der Waals surface area contributed by atoms with Crippen LogP contribution >= 0.6 is 0 Å². The average Bonchev–Trinajstić information content (AvgIpc) is 2.09. The first-order valence-electron chi connectivity index (χ1n) is 6.62. The largest absolute Gasteiger partial charge is 0.352 e. The second-order valence-electron chi connectivity index (χ2n) is 6.84. The number of hydrogen-bond acceptors (Lipinski definition) is 1. The molecule has 0 heterocycles. The predicted molar refractivity (Wildman–Crippen MR) is 68.5 cm³/mol. The number of carbonyl (C=O) groups excluding carboxylic acids is 1. The van der Waals surface area contributed by atoms with Crippen molar-refractivity contribution in [2.24, 2.45) is 11.3 Å². The average molecular weight is 481 g/mol. The number of hydrogen-bond donors (Lipinski definition) is 1. The van der Waals surface area contributed by atoms with Crippen LogP contribution in [0.15, 0.2) is 0 Å². The number of carbonyl (C=O) groups is 1. The Morgan fingerprint density at radius 3 is 2.11 bits per heavy atom. The van der Waals surface area contributed by atoms with Crippen molar-refractivity contribution in [2.75, 3.05) is 0 Å². The van der Waals surface area contributed by atoms with Crippen LogP contribution in [0.3, 0.4) is 0 Å². The molecule has 2 nitrogen and oxygen atoms in total. The van der Waals surface area contributed by atoms with E-state index in [-0.39, 0.29) is 54.9 Å². The molecule has 0 spiro atoms. The maximum atomic E-state index is 13.8. The van der Waals surface area contributed by atoms with Gasteiger partial charge in [0, 0.05) is 37.2 Å². The second kappa shape index (κ2) is 6.75. The summed E-state index contributed by atoms with van der Waals surface area (Å²) in [6.07, 6.45) is 2.04. The van der Waals surface area contributed by atoms with Crippen LogP contribution < -0.4 is 5.32 Å². The summed E-state index contributed by atoms with van der Waals surface area (Å²) in [6.45, 7) is 10.5. The van der Waals surface area contributed by atoms with E-state index in [0.29, 0.717) is 18.8 Å². The summed E-state index contributed by atoms with van der Waals surface area (Å²) in [7, 11) is 0. The molecule has 0 aromatic rings. The van der Waals surface area contributed by atoms with Gasteiger partial charge in [0.05, 0.1) is 6.42 Å². The monoisotopic (exact) mass is 481 g/mol. The van der Waals surface area contributed by atoms with Gasteiger partial charge in [0.2, 0.25) is 5.91 Å². The summed E-state index contributed by atoms with van der Waals surface area (Å²) in [5.41, 5.74) is -1.21. The minimum absolute atomic E-state index is 0. The molecular formula is C14H26FNOU. The second-order valence-corrected chi connectivity index (χ2v) is 6.84. The summed E-state index contributed by atoms with van der Waals surface area (Å²) >= 11 is 0. The number of nitrogens with one attached hydrogen (secondary N) is 1. The third-order valence-corrected chi connectivity index (χ3v) is 3.64. The molecule has 0 aromatic carbocycles. The fraction of sp³-hybridized carbons (Fsp3) is 0.929. The van der Waals surface area contributed by atoms with Crippen molar-refractivity contribution in [3.05, 3.63) is 0 Å². The Morgan fingerprint density at radius 1 is 1.33 bits per heavy atom. The number of halogens is 1. The Kier molecular flexibility index (Phi) is 6.92. The molecule has 1 rings (SSSR count). The molecule has 18 heavy (non-hydrogen) atoms. The van der Waals surface area contributed by atoms with Gasteiger partial charge in [-0.25, -0.2) is 4.39 Å². The Bertz CT molecular complexity index is 282. The van der Waals surface area contributed by atoms with Gasteiger partial charge in [-0.3, -0.25) is 4.79 Å². The Balaban J connectivity index is 0.00000289. The van der Waals surface area contributed by atoms with E-state index < -0.39 is 5.67 Å². The van der Waals surface area contributed by atoms with Crippen LogP contribution in [0.25, 0.3) is 0 Å². The standard InChI is InChI=1S/C14H26FNO.U/c1-10(2)12(13(3,4)5)16-11(17)9-14(15)7-6-8-14;/h10,12H,6-9H2,1-5H3,(H,16,17);. The first-order valence-corrected chi connectivity index (χ1v) is 6.62. The maximum absolute atomic E-state index is 13.8. The molecule has 104 valence electrons. The first-order chi connectivity index (χ1) is 7.64. The minimum Gasteiger partial charge on any atom is -0.352 e. The quantitative estimate of drug-likeness (QED) is 0.655. The summed E-state index contributed by atoms with van der Waals surface area (Å²) in [5, 5.41) is 3.00. The molecule has 1 unspecified atom stereocenters. The van der Waals surface area contributed by atoms with E-state index in [9.17, 15) is 9.18 Å². The Hall–Kier alpha value is 0.452. The molecule has 1 fully saturated rings. The molecule has 0 aliphatic heterocycles. The Morgan fingerprint density at radius 2 is 1.83 bits per heavy atom. The van der Waals surface area contributed by atoms with E-state index in [1.165, 1.54) is 0 Å². The van der Waals surface area contributed by atoms with E-state index in [2.05, 4.69) is 39.9 Å². The molecule has 1 amide bonds. The van der Waals surface area contributed by atoms with E-state index >= 15 is 0 Å². The molecule has 0 aromatic heterocycles. The molecule has 1 N–H and O–H groups in total. The molecule has 1 atom stereocenters. The van der Waals surface area contributed by atoms with Gasteiger partial charge in [0.25, 0.3) is 0 Å². The predicted octanol–water partition coefficient (Wildman–Crippen LogP) is 3.46. The van der Waals surface area contributed by atoms with Crippen molar-refractivity contribution in [3.8, 4) is 0 Å². The molecule has 1 aliphatic carbocycles. The molecule has 1 aliphatic rings. The van der Waals surface area contributed by atoms with Crippen molar-refractivity contribution in [3.63, 3.8) is 0 Å². The van der Waals surface area contributed by atoms with Gasteiger partial charge < -0.3 is 5.32 Å². The van der Waals surface area contributed by atoms with Crippen LogP contribution in [0.5, 0.6) is 0 Å². The number of amides is 1. The third kappa shape index (κ3) is 5.21.